The van der Waals surface area contributed by atoms with E-state index in [9.17, 15) is 13.6 Å². The fourth-order valence-electron chi connectivity index (χ4n) is 2.34. The van der Waals surface area contributed by atoms with E-state index < -0.39 is 23.0 Å². The van der Waals surface area contributed by atoms with E-state index in [-0.39, 0.29) is 11.3 Å². The molecule has 0 N–H and O–H groups in total. The molecule has 0 aromatic heterocycles. The average molecular weight is 290 g/mol. The molecule has 1 aliphatic heterocycles. The molecule has 5 heteroatoms. The molecule has 0 aliphatic carbocycles. The van der Waals surface area contributed by atoms with Crippen molar-refractivity contribution in [2.24, 2.45) is 0 Å². The maximum atomic E-state index is 13.9. The minimum atomic E-state index is -0.936. The first-order chi connectivity index (χ1) is 10.1. The molecular weight excluding hydrogens is 278 g/mol. The monoisotopic (exact) mass is 290 g/mol. The van der Waals surface area contributed by atoms with Crippen molar-refractivity contribution in [2.45, 2.75) is 13.2 Å². The molecular formula is C16H12F2O3. The Balaban J connectivity index is 2.03. The third kappa shape index (κ3) is 2.40. The molecule has 1 aliphatic rings. The van der Waals surface area contributed by atoms with Crippen LogP contribution in [0.2, 0.25) is 0 Å². The summed E-state index contributed by atoms with van der Waals surface area (Å²) in [7, 11) is 1.30. The van der Waals surface area contributed by atoms with Gasteiger partial charge in [0.1, 0.15) is 17.4 Å². The zero-order valence-electron chi connectivity index (χ0n) is 11.3. The van der Waals surface area contributed by atoms with Crippen molar-refractivity contribution in [3.8, 4) is 5.75 Å². The predicted molar refractivity (Wildman–Crippen MR) is 71.3 cm³/mol. The van der Waals surface area contributed by atoms with Gasteiger partial charge < -0.3 is 9.47 Å². The second-order valence-corrected chi connectivity index (χ2v) is 4.77. The molecule has 2 aromatic carbocycles. The highest BCUT2D eigenvalue weighted by Crippen LogP contribution is 2.26. The van der Waals surface area contributed by atoms with E-state index in [1.165, 1.54) is 7.11 Å². The van der Waals surface area contributed by atoms with Crippen LogP contribution in [0.4, 0.5) is 8.78 Å². The first-order valence-electron chi connectivity index (χ1n) is 6.37. The van der Waals surface area contributed by atoms with Gasteiger partial charge in [-0.3, -0.25) is 4.79 Å². The first-order valence-corrected chi connectivity index (χ1v) is 6.37. The summed E-state index contributed by atoms with van der Waals surface area (Å²) in [5, 5.41) is 0. The van der Waals surface area contributed by atoms with E-state index in [2.05, 4.69) is 0 Å². The van der Waals surface area contributed by atoms with Crippen molar-refractivity contribution in [3.63, 3.8) is 0 Å². The van der Waals surface area contributed by atoms with E-state index in [0.29, 0.717) is 13.2 Å². The van der Waals surface area contributed by atoms with Crippen LogP contribution < -0.4 is 4.74 Å². The Morgan fingerprint density at radius 3 is 2.43 bits per heavy atom. The smallest absolute Gasteiger partial charge is 0.198 e. The lowest BCUT2D eigenvalue weighted by Crippen LogP contribution is -2.08. The Kier molecular flexibility index (Phi) is 3.43. The van der Waals surface area contributed by atoms with E-state index in [4.69, 9.17) is 9.47 Å². The lowest BCUT2D eigenvalue weighted by Gasteiger charge is -2.08. The predicted octanol–water partition coefficient (Wildman–Crippen LogP) is 3.23. The van der Waals surface area contributed by atoms with Crippen molar-refractivity contribution in [1.29, 1.82) is 0 Å². The Hall–Kier alpha value is -2.27. The Labute approximate surface area is 120 Å². The number of hydrogen-bond donors (Lipinski definition) is 0. The van der Waals surface area contributed by atoms with Crippen molar-refractivity contribution in [3.05, 3.63) is 64.2 Å². The number of carbonyl (C=O) groups excluding carboxylic acids is 1. The summed E-state index contributed by atoms with van der Waals surface area (Å²) in [6.07, 6.45) is 0. The second kappa shape index (κ2) is 5.26. The number of hydrogen-bond acceptors (Lipinski definition) is 3. The normalized spacial score (nSPS) is 13.1. The summed E-state index contributed by atoms with van der Waals surface area (Å²) in [6, 6.07) is 6.90. The zero-order chi connectivity index (χ0) is 15.0. The van der Waals surface area contributed by atoms with Gasteiger partial charge in [-0.2, -0.15) is 0 Å². The molecule has 0 spiro atoms. The van der Waals surface area contributed by atoms with E-state index in [1.807, 2.05) is 0 Å². The topological polar surface area (TPSA) is 35.5 Å². The van der Waals surface area contributed by atoms with E-state index >= 15 is 0 Å². The van der Waals surface area contributed by atoms with Crippen molar-refractivity contribution in [1.82, 2.24) is 0 Å². The van der Waals surface area contributed by atoms with Gasteiger partial charge in [0.05, 0.1) is 25.9 Å². The summed E-state index contributed by atoms with van der Waals surface area (Å²) in [6.45, 7) is 0.902. The molecule has 0 fully saturated rings. The lowest BCUT2D eigenvalue weighted by atomic mass is 9.98. The summed E-state index contributed by atoms with van der Waals surface area (Å²) < 4.78 is 37.9. The number of methoxy groups -OCH3 is 1. The molecule has 0 amide bonds. The van der Waals surface area contributed by atoms with Gasteiger partial charge in [-0.25, -0.2) is 8.78 Å². The number of rotatable bonds is 3. The number of fused-ring (bicyclic) bond motifs is 1. The van der Waals surface area contributed by atoms with Crippen LogP contribution in [0.5, 0.6) is 5.75 Å². The van der Waals surface area contributed by atoms with Crippen LogP contribution in [0, 0.1) is 11.6 Å². The van der Waals surface area contributed by atoms with Gasteiger partial charge in [-0.1, -0.05) is 12.1 Å². The highest BCUT2D eigenvalue weighted by Gasteiger charge is 2.22. The van der Waals surface area contributed by atoms with Crippen molar-refractivity contribution >= 4 is 5.78 Å². The summed E-state index contributed by atoms with van der Waals surface area (Å²) in [4.78, 5) is 12.3. The molecule has 0 bridgehead atoms. The van der Waals surface area contributed by atoms with Gasteiger partial charge in [0.15, 0.2) is 5.78 Å². The number of benzene rings is 2. The average Bonchev–Trinajstić information content (AvgIpc) is 2.93. The molecule has 3 nitrogen and oxygen atoms in total. The van der Waals surface area contributed by atoms with Gasteiger partial charge in [0, 0.05) is 17.7 Å². The third-order valence-corrected chi connectivity index (χ3v) is 3.46. The highest BCUT2D eigenvalue weighted by atomic mass is 19.1. The van der Waals surface area contributed by atoms with Crippen LogP contribution in [0.1, 0.15) is 27.0 Å². The quantitative estimate of drug-likeness (QED) is 0.814. The van der Waals surface area contributed by atoms with E-state index in [1.54, 1.807) is 18.2 Å². The SMILES string of the molecule is COc1cc(F)c(C(=O)c2ccc3c(c2)COC3)c(F)c1. The highest BCUT2D eigenvalue weighted by molar-refractivity contribution is 6.09. The molecule has 0 unspecified atom stereocenters. The Morgan fingerprint density at radius 2 is 1.76 bits per heavy atom. The standard InChI is InChI=1S/C16H12F2O3/c1-20-12-5-13(17)15(14(18)6-12)16(19)9-2-3-10-7-21-8-11(10)4-9/h2-6H,7-8H2,1H3. The van der Waals surface area contributed by atoms with Crippen LogP contribution in [-0.4, -0.2) is 12.9 Å². The van der Waals surface area contributed by atoms with Gasteiger partial charge in [-0.15, -0.1) is 0 Å². The van der Waals surface area contributed by atoms with Crippen LogP contribution in [0.3, 0.4) is 0 Å². The first kappa shape index (κ1) is 13.7. The fourth-order valence-corrected chi connectivity index (χ4v) is 2.34. The van der Waals surface area contributed by atoms with Gasteiger partial charge in [0.25, 0.3) is 0 Å². The van der Waals surface area contributed by atoms with Gasteiger partial charge in [-0.05, 0) is 17.2 Å². The molecule has 0 saturated heterocycles. The van der Waals surface area contributed by atoms with Crippen LogP contribution in [0.25, 0.3) is 0 Å². The molecule has 0 radical (unpaired) electrons. The Morgan fingerprint density at radius 1 is 1.10 bits per heavy atom. The van der Waals surface area contributed by atoms with E-state index in [0.717, 1.165) is 23.3 Å². The van der Waals surface area contributed by atoms with Crippen LogP contribution in [-0.2, 0) is 18.0 Å². The van der Waals surface area contributed by atoms with Gasteiger partial charge in [0.2, 0.25) is 0 Å². The second-order valence-electron chi connectivity index (χ2n) is 4.77. The molecule has 108 valence electrons. The van der Waals surface area contributed by atoms with Crippen LogP contribution in [0.15, 0.2) is 30.3 Å². The molecule has 21 heavy (non-hydrogen) atoms. The molecule has 1 heterocycles. The number of ether oxygens (including phenoxy) is 2. The largest absolute Gasteiger partial charge is 0.497 e. The third-order valence-electron chi connectivity index (χ3n) is 3.46. The number of ketones is 1. The molecule has 0 atom stereocenters. The Bertz CT molecular complexity index is 702. The molecule has 3 rings (SSSR count). The summed E-state index contributed by atoms with van der Waals surface area (Å²) in [5.41, 5.74) is 1.52. The fraction of sp³-hybridized carbons (Fsp3) is 0.188. The molecule has 2 aromatic rings. The number of carbonyl (C=O) groups is 1. The van der Waals surface area contributed by atoms with Gasteiger partial charge >= 0.3 is 0 Å². The number of halogens is 2. The van der Waals surface area contributed by atoms with Crippen LogP contribution >= 0.6 is 0 Å². The maximum absolute atomic E-state index is 13.9. The lowest BCUT2D eigenvalue weighted by molar-refractivity contribution is 0.103. The minimum absolute atomic E-state index is 0.0314. The minimum Gasteiger partial charge on any atom is -0.497 e. The zero-order valence-corrected chi connectivity index (χ0v) is 11.3. The molecule has 0 saturated carbocycles. The summed E-state index contributed by atoms with van der Waals surface area (Å²) >= 11 is 0. The van der Waals surface area contributed by atoms with Crippen molar-refractivity contribution in [2.75, 3.05) is 7.11 Å². The van der Waals surface area contributed by atoms with Crippen molar-refractivity contribution < 1.29 is 23.0 Å². The summed E-state index contributed by atoms with van der Waals surface area (Å²) in [5.74, 6) is -2.53. The maximum Gasteiger partial charge on any atom is 0.198 e.